The molecule has 1 aliphatic carbocycles. The van der Waals surface area contributed by atoms with Crippen molar-refractivity contribution in [3.8, 4) is 0 Å². The van der Waals surface area contributed by atoms with Crippen LogP contribution in [0.15, 0.2) is 49.1 Å². The van der Waals surface area contributed by atoms with Gasteiger partial charge < -0.3 is 11.1 Å². The molecule has 1 aliphatic rings. The number of aromatic nitrogens is 3. The molecule has 2 atom stereocenters. The molecule has 3 rings (SSSR count). The van der Waals surface area contributed by atoms with E-state index in [2.05, 4.69) is 15.4 Å². The van der Waals surface area contributed by atoms with Gasteiger partial charge in [0.15, 0.2) is 0 Å². The number of carbonyl (C=O) groups excluding carboxylic acids is 1. The van der Waals surface area contributed by atoms with Crippen molar-refractivity contribution in [2.24, 2.45) is 11.7 Å². The molecule has 6 heteroatoms. The van der Waals surface area contributed by atoms with Gasteiger partial charge >= 0.3 is 0 Å². The Morgan fingerprint density at radius 1 is 1.33 bits per heavy atom. The first-order chi connectivity index (χ1) is 10.2. The van der Waals surface area contributed by atoms with Crippen LogP contribution in [0.1, 0.15) is 12.0 Å². The standard InChI is InChI=1S/C15H17N5O/c16-13-4-3-12(7-13)15(21)19-14-5-1-11(2-6-14)8-20-10-17-9-18-20/h1-6,9-10,12-13H,7-8,16H2,(H,19,21). The van der Waals surface area contributed by atoms with Crippen molar-refractivity contribution in [3.63, 3.8) is 0 Å². The van der Waals surface area contributed by atoms with Gasteiger partial charge in [-0.3, -0.25) is 4.79 Å². The van der Waals surface area contributed by atoms with Gasteiger partial charge in [0.1, 0.15) is 12.7 Å². The summed E-state index contributed by atoms with van der Waals surface area (Å²) < 4.78 is 1.75. The number of nitrogens with zero attached hydrogens (tertiary/aromatic N) is 3. The van der Waals surface area contributed by atoms with Gasteiger partial charge in [-0.25, -0.2) is 9.67 Å². The highest BCUT2D eigenvalue weighted by molar-refractivity contribution is 5.94. The fourth-order valence-corrected chi connectivity index (χ4v) is 2.35. The molecule has 21 heavy (non-hydrogen) atoms. The highest BCUT2D eigenvalue weighted by Crippen LogP contribution is 2.19. The van der Waals surface area contributed by atoms with Gasteiger partial charge in [-0.05, 0) is 24.1 Å². The minimum Gasteiger partial charge on any atom is -0.326 e. The van der Waals surface area contributed by atoms with E-state index in [0.29, 0.717) is 13.0 Å². The first kappa shape index (κ1) is 13.5. The fourth-order valence-electron chi connectivity index (χ4n) is 2.35. The van der Waals surface area contributed by atoms with E-state index in [1.54, 1.807) is 11.0 Å². The van der Waals surface area contributed by atoms with Gasteiger partial charge in [0.05, 0.1) is 12.5 Å². The number of anilines is 1. The van der Waals surface area contributed by atoms with Crippen LogP contribution in [-0.4, -0.2) is 26.7 Å². The van der Waals surface area contributed by atoms with Crippen molar-refractivity contribution in [2.75, 3.05) is 5.32 Å². The van der Waals surface area contributed by atoms with Crippen LogP contribution >= 0.6 is 0 Å². The molecule has 0 aliphatic heterocycles. The van der Waals surface area contributed by atoms with Crippen molar-refractivity contribution < 1.29 is 4.79 Å². The number of hydrogen-bond acceptors (Lipinski definition) is 4. The van der Waals surface area contributed by atoms with E-state index < -0.39 is 0 Å². The summed E-state index contributed by atoms with van der Waals surface area (Å²) in [6, 6.07) is 7.71. The summed E-state index contributed by atoms with van der Waals surface area (Å²) in [5.41, 5.74) is 7.65. The molecule has 6 nitrogen and oxygen atoms in total. The lowest BCUT2D eigenvalue weighted by molar-refractivity contribution is -0.118. The highest BCUT2D eigenvalue weighted by atomic mass is 16.1. The van der Waals surface area contributed by atoms with Gasteiger partial charge in [0, 0.05) is 11.7 Å². The number of nitrogens with two attached hydrogens (primary N) is 1. The van der Waals surface area contributed by atoms with Gasteiger partial charge in [0.25, 0.3) is 0 Å². The summed E-state index contributed by atoms with van der Waals surface area (Å²) in [4.78, 5) is 16.0. The summed E-state index contributed by atoms with van der Waals surface area (Å²) in [5.74, 6) is -0.141. The molecule has 0 radical (unpaired) electrons. The van der Waals surface area contributed by atoms with Crippen LogP contribution in [0, 0.1) is 5.92 Å². The molecule has 0 spiro atoms. The second-order valence-corrected chi connectivity index (χ2v) is 5.17. The predicted octanol–water partition coefficient (Wildman–Crippen LogP) is 1.17. The van der Waals surface area contributed by atoms with E-state index in [1.165, 1.54) is 6.33 Å². The monoisotopic (exact) mass is 283 g/mol. The number of amides is 1. The Hall–Kier alpha value is -2.47. The smallest absolute Gasteiger partial charge is 0.231 e. The summed E-state index contributed by atoms with van der Waals surface area (Å²) in [5, 5.41) is 6.97. The van der Waals surface area contributed by atoms with Crippen LogP contribution in [0.2, 0.25) is 0 Å². The molecule has 108 valence electrons. The van der Waals surface area contributed by atoms with Crippen molar-refractivity contribution in [3.05, 3.63) is 54.6 Å². The Balaban J connectivity index is 1.59. The number of nitrogens with one attached hydrogen (secondary N) is 1. The molecule has 0 fully saturated rings. The lowest BCUT2D eigenvalue weighted by Gasteiger charge is -2.11. The van der Waals surface area contributed by atoms with Crippen molar-refractivity contribution in [1.29, 1.82) is 0 Å². The molecule has 1 amide bonds. The van der Waals surface area contributed by atoms with E-state index >= 15 is 0 Å². The molecule has 0 saturated carbocycles. The minimum atomic E-state index is -0.130. The van der Waals surface area contributed by atoms with Gasteiger partial charge in [0.2, 0.25) is 5.91 Å². The molecule has 1 aromatic heterocycles. The third-order valence-corrected chi connectivity index (χ3v) is 3.49. The zero-order valence-electron chi connectivity index (χ0n) is 11.5. The van der Waals surface area contributed by atoms with Crippen molar-refractivity contribution >= 4 is 11.6 Å². The lowest BCUT2D eigenvalue weighted by Crippen LogP contribution is -2.23. The normalized spacial score (nSPS) is 20.6. The lowest BCUT2D eigenvalue weighted by atomic mass is 10.1. The Morgan fingerprint density at radius 3 is 2.76 bits per heavy atom. The second-order valence-electron chi connectivity index (χ2n) is 5.17. The van der Waals surface area contributed by atoms with Gasteiger partial charge in [-0.2, -0.15) is 5.10 Å². The molecule has 1 aromatic carbocycles. The maximum Gasteiger partial charge on any atom is 0.231 e. The zero-order chi connectivity index (χ0) is 14.7. The van der Waals surface area contributed by atoms with Crippen LogP contribution in [0.25, 0.3) is 0 Å². The average Bonchev–Trinajstić information content (AvgIpc) is 3.12. The summed E-state index contributed by atoms with van der Waals surface area (Å²) in [6.07, 6.45) is 7.61. The van der Waals surface area contributed by atoms with Crippen LogP contribution in [0.3, 0.4) is 0 Å². The Labute approximate surface area is 122 Å². The maximum atomic E-state index is 12.1. The van der Waals surface area contributed by atoms with E-state index in [1.807, 2.05) is 36.4 Å². The quantitative estimate of drug-likeness (QED) is 0.825. The maximum absolute atomic E-state index is 12.1. The van der Waals surface area contributed by atoms with E-state index in [4.69, 9.17) is 5.73 Å². The number of hydrogen-bond donors (Lipinski definition) is 2. The molecular weight excluding hydrogens is 266 g/mol. The zero-order valence-corrected chi connectivity index (χ0v) is 11.5. The van der Waals surface area contributed by atoms with Crippen LogP contribution < -0.4 is 11.1 Å². The Bertz CT molecular complexity index is 633. The summed E-state index contributed by atoms with van der Waals surface area (Å²) >= 11 is 0. The van der Waals surface area contributed by atoms with Crippen LogP contribution in [-0.2, 0) is 11.3 Å². The summed E-state index contributed by atoms with van der Waals surface area (Å²) in [6.45, 7) is 0.661. The van der Waals surface area contributed by atoms with Crippen LogP contribution in [0.5, 0.6) is 0 Å². The Kier molecular flexibility index (Phi) is 3.79. The molecular formula is C15H17N5O. The third kappa shape index (κ3) is 3.35. The highest BCUT2D eigenvalue weighted by Gasteiger charge is 2.22. The van der Waals surface area contributed by atoms with E-state index in [9.17, 15) is 4.79 Å². The molecule has 1 heterocycles. The molecule has 0 saturated heterocycles. The topological polar surface area (TPSA) is 85.8 Å². The SMILES string of the molecule is NC1C=CC(C(=O)Nc2ccc(Cn3cncn3)cc2)C1. The second kappa shape index (κ2) is 5.88. The first-order valence-corrected chi connectivity index (χ1v) is 6.87. The van der Waals surface area contributed by atoms with Crippen molar-refractivity contribution in [1.82, 2.24) is 14.8 Å². The van der Waals surface area contributed by atoms with E-state index in [-0.39, 0.29) is 17.9 Å². The fraction of sp³-hybridized carbons (Fsp3) is 0.267. The van der Waals surface area contributed by atoms with Crippen molar-refractivity contribution in [2.45, 2.75) is 19.0 Å². The largest absolute Gasteiger partial charge is 0.326 e. The molecule has 2 unspecified atom stereocenters. The van der Waals surface area contributed by atoms with E-state index in [0.717, 1.165) is 11.3 Å². The third-order valence-electron chi connectivity index (χ3n) is 3.49. The number of benzene rings is 1. The van der Waals surface area contributed by atoms with Gasteiger partial charge in [-0.1, -0.05) is 24.3 Å². The number of rotatable bonds is 4. The molecule has 3 N–H and O–H groups in total. The van der Waals surface area contributed by atoms with Crippen LogP contribution in [0.4, 0.5) is 5.69 Å². The summed E-state index contributed by atoms with van der Waals surface area (Å²) in [7, 11) is 0. The minimum absolute atomic E-state index is 0.00851. The molecule has 0 bridgehead atoms. The molecule has 2 aromatic rings. The predicted molar refractivity (Wildman–Crippen MR) is 79.4 cm³/mol. The first-order valence-electron chi connectivity index (χ1n) is 6.87. The number of carbonyl (C=O) groups is 1. The average molecular weight is 283 g/mol. The Morgan fingerprint density at radius 2 is 2.14 bits per heavy atom. The van der Waals surface area contributed by atoms with Gasteiger partial charge in [-0.15, -0.1) is 0 Å².